The Balaban J connectivity index is 1.60. The van der Waals surface area contributed by atoms with E-state index in [9.17, 15) is 14.4 Å². The SMILES string of the molecule is COc1cccc([C@]2(C)NC(=O)N(CC(=O)c3cc(C)n(-c4ccc(C)cc4)c3C)C2=O)c1. The number of aryl methyl sites for hydroxylation is 2. The van der Waals surface area contributed by atoms with E-state index < -0.39 is 17.5 Å². The van der Waals surface area contributed by atoms with Crippen LogP contribution in [0.3, 0.4) is 0 Å². The lowest BCUT2D eigenvalue weighted by Crippen LogP contribution is -2.41. The third-order valence-electron chi connectivity index (χ3n) is 6.25. The molecule has 1 fully saturated rings. The number of urea groups is 1. The molecule has 0 aliphatic carbocycles. The maximum atomic E-state index is 13.3. The predicted octanol–water partition coefficient (Wildman–Crippen LogP) is 4.06. The van der Waals surface area contributed by atoms with Gasteiger partial charge in [0, 0.05) is 22.6 Å². The summed E-state index contributed by atoms with van der Waals surface area (Å²) in [4.78, 5) is 40.2. The molecular weight excluding hydrogens is 418 g/mol. The van der Waals surface area contributed by atoms with Crippen molar-refractivity contribution in [3.63, 3.8) is 0 Å². The molecule has 2 aromatic carbocycles. The van der Waals surface area contributed by atoms with Gasteiger partial charge in [0.25, 0.3) is 5.91 Å². The van der Waals surface area contributed by atoms with Crippen molar-refractivity contribution in [1.29, 1.82) is 0 Å². The van der Waals surface area contributed by atoms with E-state index in [1.54, 1.807) is 37.3 Å². The van der Waals surface area contributed by atoms with Gasteiger partial charge in [-0.05, 0) is 63.6 Å². The Labute approximate surface area is 193 Å². The molecule has 0 bridgehead atoms. The lowest BCUT2D eigenvalue weighted by atomic mass is 9.92. The van der Waals surface area contributed by atoms with Gasteiger partial charge in [0.15, 0.2) is 5.78 Å². The number of amides is 3. The largest absolute Gasteiger partial charge is 0.497 e. The van der Waals surface area contributed by atoms with E-state index in [0.29, 0.717) is 16.9 Å². The van der Waals surface area contributed by atoms with Crippen molar-refractivity contribution >= 4 is 17.7 Å². The zero-order chi connectivity index (χ0) is 23.9. The van der Waals surface area contributed by atoms with Gasteiger partial charge in [0.2, 0.25) is 0 Å². The minimum atomic E-state index is -1.27. The highest BCUT2D eigenvalue weighted by Crippen LogP contribution is 2.31. The molecule has 0 unspecified atom stereocenters. The van der Waals surface area contributed by atoms with Crippen LogP contribution in [0.1, 0.15) is 39.8 Å². The molecule has 1 atom stereocenters. The van der Waals surface area contributed by atoms with Crippen molar-refractivity contribution in [2.75, 3.05) is 13.7 Å². The van der Waals surface area contributed by atoms with Crippen LogP contribution in [0, 0.1) is 20.8 Å². The van der Waals surface area contributed by atoms with Gasteiger partial charge in [-0.3, -0.25) is 14.5 Å². The summed E-state index contributed by atoms with van der Waals surface area (Å²) in [5, 5.41) is 2.74. The van der Waals surface area contributed by atoms with Crippen molar-refractivity contribution in [1.82, 2.24) is 14.8 Å². The van der Waals surface area contributed by atoms with Crippen molar-refractivity contribution in [2.24, 2.45) is 0 Å². The highest BCUT2D eigenvalue weighted by Gasteiger charge is 2.49. The van der Waals surface area contributed by atoms with E-state index in [2.05, 4.69) is 5.32 Å². The molecule has 1 N–H and O–H groups in total. The molecule has 1 aliphatic rings. The highest BCUT2D eigenvalue weighted by molar-refractivity contribution is 6.11. The van der Waals surface area contributed by atoms with Crippen LogP contribution in [-0.4, -0.2) is 40.8 Å². The van der Waals surface area contributed by atoms with Gasteiger partial charge in [-0.25, -0.2) is 4.79 Å². The second-order valence-electron chi connectivity index (χ2n) is 8.56. The van der Waals surface area contributed by atoms with Gasteiger partial charge >= 0.3 is 6.03 Å². The third kappa shape index (κ3) is 3.80. The molecule has 170 valence electrons. The fourth-order valence-corrected chi connectivity index (χ4v) is 4.34. The summed E-state index contributed by atoms with van der Waals surface area (Å²) < 4.78 is 7.25. The monoisotopic (exact) mass is 445 g/mol. The van der Waals surface area contributed by atoms with Crippen LogP contribution < -0.4 is 10.1 Å². The number of nitrogens with one attached hydrogen (secondary N) is 1. The van der Waals surface area contributed by atoms with Gasteiger partial charge in [-0.1, -0.05) is 29.8 Å². The molecule has 7 heteroatoms. The van der Waals surface area contributed by atoms with Crippen LogP contribution in [0.2, 0.25) is 0 Å². The quantitative estimate of drug-likeness (QED) is 0.458. The number of ketones is 1. The minimum Gasteiger partial charge on any atom is -0.497 e. The molecule has 0 radical (unpaired) electrons. The van der Waals surface area contributed by atoms with Gasteiger partial charge < -0.3 is 14.6 Å². The number of methoxy groups -OCH3 is 1. The number of hydrogen-bond donors (Lipinski definition) is 1. The first-order valence-corrected chi connectivity index (χ1v) is 10.7. The summed E-state index contributed by atoms with van der Waals surface area (Å²) in [5.74, 6) is -0.185. The average Bonchev–Trinajstić information content (AvgIpc) is 3.22. The molecule has 4 rings (SSSR count). The number of rotatable bonds is 6. The first-order valence-electron chi connectivity index (χ1n) is 10.7. The Morgan fingerprint density at radius 3 is 2.39 bits per heavy atom. The fraction of sp³-hybridized carbons (Fsp3) is 0.269. The molecule has 0 saturated carbocycles. The molecule has 0 spiro atoms. The van der Waals surface area contributed by atoms with Crippen LogP contribution in [-0.2, 0) is 10.3 Å². The number of nitrogens with zero attached hydrogens (tertiary/aromatic N) is 2. The Morgan fingerprint density at radius 2 is 1.73 bits per heavy atom. The maximum absolute atomic E-state index is 13.3. The first kappa shape index (κ1) is 22.3. The molecular formula is C26H27N3O4. The number of aromatic nitrogens is 1. The predicted molar refractivity (Wildman–Crippen MR) is 125 cm³/mol. The number of benzene rings is 2. The summed E-state index contributed by atoms with van der Waals surface area (Å²) in [6.45, 7) is 7.12. The van der Waals surface area contributed by atoms with Crippen molar-refractivity contribution in [2.45, 2.75) is 33.2 Å². The second kappa shape index (κ2) is 8.24. The number of carbonyl (C=O) groups excluding carboxylic acids is 3. The van der Waals surface area contributed by atoms with E-state index in [1.807, 2.05) is 49.6 Å². The fourth-order valence-electron chi connectivity index (χ4n) is 4.34. The van der Waals surface area contributed by atoms with Crippen molar-refractivity contribution < 1.29 is 19.1 Å². The number of ether oxygens (including phenoxy) is 1. The van der Waals surface area contributed by atoms with Gasteiger partial charge in [-0.15, -0.1) is 0 Å². The molecule has 1 aliphatic heterocycles. The molecule has 3 aromatic rings. The Morgan fingerprint density at radius 1 is 1.03 bits per heavy atom. The molecule has 1 saturated heterocycles. The van der Waals surface area contributed by atoms with Crippen molar-refractivity contribution in [3.8, 4) is 11.4 Å². The average molecular weight is 446 g/mol. The number of Topliss-reactive ketones (excluding diaryl/α,β-unsaturated/α-hetero) is 1. The van der Waals surface area contributed by atoms with Crippen LogP contribution in [0.25, 0.3) is 5.69 Å². The molecule has 7 nitrogen and oxygen atoms in total. The Bertz CT molecular complexity index is 1260. The zero-order valence-electron chi connectivity index (χ0n) is 19.4. The lowest BCUT2D eigenvalue weighted by Gasteiger charge is -2.22. The van der Waals surface area contributed by atoms with E-state index in [1.165, 1.54) is 7.11 Å². The van der Waals surface area contributed by atoms with Crippen LogP contribution in [0.4, 0.5) is 4.79 Å². The van der Waals surface area contributed by atoms with Crippen LogP contribution >= 0.6 is 0 Å². The topological polar surface area (TPSA) is 80.6 Å². The first-order chi connectivity index (χ1) is 15.7. The molecule has 33 heavy (non-hydrogen) atoms. The normalized spacial score (nSPS) is 17.9. The highest BCUT2D eigenvalue weighted by atomic mass is 16.5. The molecule has 3 amide bonds. The third-order valence-corrected chi connectivity index (χ3v) is 6.25. The van der Waals surface area contributed by atoms with Gasteiger partial charge in [-0.2, -0.15) is 0 Å². The number of carbonyl (C=O) groups is 3. The van der Waals surface area contributed by atoms with E-state index in [4.69, 9.17) is 4.74 Å². The summed E-state index contributed by atoms with van der Waals surface area (Å²) in [6, 6.07) is 16.2. The zero-order valence-corrected chi connectivity index (χ0v) is 19.4. The van der Waals surface area contributed by atoms with E-state index >= 15 is 0 Å². The number of imide groups is 1. The molecule has 1 aromatic heterocycles. The summed E-state index contributed by atoms with van der Waals surface area (Å²) in [6.07, 6.45) is 0. The number of hydrogen-bond acceptors (Lipinski definition) is 4. The maximum Gasteiger partial charge on any atom is 0.325 e. The van der Waals surface area contributed by atoms with E-state index in [0.717, 1.165) is 27.5 Å². The van der Waals surface area contributed by atoms with Gasteiger partial charge in [0.1, 0.15) is 11.3 Å². The summed E-state index contributed by atoms with van der Waals surface area (Å²) in [5.41, 5.74) is 3.58. The van der Waals surface area contributed by atoms with Crippen molar-refractivity contribution in [3.05, 3.63) is 82.7 Å². The molecule has 2 heterocycles. The smallest absolute Gasteiger partial charge is 0.325 e. The summed E-state index contributed by atoms with van der Waals surface area (Å²) in [7, 11) is 1.54. The Hall–Kier alpha value is -3.87. The van der Waals surface area contributed by atoms with Crippen LogP contribution in [0.15, 0.2) is 54.6 Å². The summed E-state index contributed by atoms with van der Waals surface area (Å²) >= 11 is 0. The second-order valence-corrected chi connectivity index (χ2v) is 8.56. The lowest BCUT2D eigenvalue weighted by molar-refractivity contribution is -0.130. The van der Waals surface area contributed by atoms with E-state index in [-0.39, 0.29) is 12.3 Å². The van der Waals surface area contributed by atoms with Crippen LogP contribution in [0.5, 0.6) is 5.75 Å². The van der Waals surface area contributed by atoms with Gasteiger partial charge in [0.05, 0.1) is 13.7 Å². The Kier molecular flexibility index (Phi) is 5.57. The standard InChI is InChI=1S/C26H27N3O4/c1-16-9-11-20(12-10-16)29-17(2)13-22(18(29)3)23(30)15-28-24(31)26(4,27-25(28)32)19-7-6-8-21(14-19)33-5/h6-14H,15H2,1-5H3,(H,27,32)/t26-/m0/s1. The minimum absolute atomic E-state index is 0.292.